The number of carbonyl (C=O) groups is 2. The first-order chi connectivity index (χ1) is 18.9. The summed E-state index contributed by atoms with van der Waals surface area (Å²) >= 11 is 13.6. The number of H-pyrrole nitrogens is 1. The highest BCUT2D eigenvalue weighted by molar-refractivity contribution is 8.14. The highest BCUT2D eigenvalue weighted by atomic mass is 35.5. The molecule has 39 heavy (non-hydrogen) atoms. The zero-order valence-corrected chi connectivity index (χ0v) is 22.6. The summed E-state index contributed by atoms with van der Waals surface area (Å²) in [5.41, 5.74) is 0.574. The molecule has 0 unspecified atom stereocenters. The van der Waals surface area contributed by atoms with Crippen LogP contribution in [-0.4, -0.2) is 35.0 Å². The van der Waals surface area contributed by atoms with Crippen molar-refractivity contribution in [1.82, 2.24) is 5.27 Å². The minimum absolute atomic E-state index is 0.0956. The number of hydrogen-bond donors (Lipinski definition) is 1. The van der Waals surface area contributed by atoms with Gasteiger partial charge in [0.25, 0.3) is 5.91 Å². The van der Waals surface area contributed by atoms with Gasteiger partial charge >= 0.3 is 11.3 Å². The SMILES string of the molecule is COc1ccc(-[n+]2[nH]oc(=O)c2C(=O)CSC2=N/C(=C\c3c(Cl)cccc3Cl)C(=O)N2c2ccccc2)cc1. The molecular weight excluding hydrogens is 563 g/mol. The average Bonchev–Trinajstić information content (AvgIpc) is 3.49. The molecule has 1 aliphatic heterocycles. The smallest absolute Gasteiger partial charge is 0.438 e. The first-order valence-electron chi connectivity index (χ1n) is 11.4. The standard InChI is InChI=1S/C27H18Cl2N4O5S/c1-37-18-12-10-17(11-13-18)33-24(26(36)38-31-33)23(34)15-39-27-30-22(14-19-20(28)8-5-9-21(19)29)25(35)32(27)16-6-3-2-4-7-16/h2-14H,15H2,1H3/p+1/b22-14-. The van der Waals surface area contributed by atoms with Gasteiger partial charge in [0.2, 0.25) is 11.5 Å². The summed E-state index contributed by atoms with van der Waals surface area (Å²) in [7, 11) is 1.53. The Balaban J connectivity index is 1.45. The number of ether oxygens (including phenoxy) is 1. The molecule has 9 nitrogen and oxygen atoms in total. The third-order valence-corrected chi connectivity index (χ3v) is 7.30. The Kier molecular flexibility index (Phi) is 7.69. The fourth-order valence-electron chi connectivity index (χ4n) is 3.81. The number of amidine groups is 1. The molecule has 1 N–H and O–H groups in total. The van der Waals surface area contributed by atoms with Crippen LogP contribution in [-0.2, 0) is 4.79 Å². The van der Waals surface area contributed by atoms with E-state index in [-0.39, 0.29) is 22.3 Å². The van der Waals surface area contributed by atoms with Crippen molar-refractivity contribution in [2.45, 2.75) is 0 Å². The molecular formula is C27H19Cl2N4O5S+. The van der Waals surface area contributed by atoms with E-state index in [0.29, 0.717) is 32.7 Å². The lowest BCUT2D eigenvalue weighted by Crippen LogP contribution is -2.41. The van der Waals surface area contributed by atoms with Crippen LogP contribution in [0.4, 0.5) is 5.69 Å². The van der Waals surface area contributed by atoms with Gasteiger partial charge in [-0.1, -0.05) is 59.2 Å². The van der Waals surface area contributed by atoms with Crippen LogP contribution in [0.15, 0.2) is 92.8 Å². The van der Waals surface area contributed by atoms with Crippen LogP contribution in [0.2, 0.25) is 10.0 Å². The summed E-state index contributed by atoms with van der Waals surface area (Å²) in [6.45, 7) is 0. The van der Waals surface area contributed by atoms with Crippen molar-refractivity contribution < 1.29 is 23.5 Å². The van der Waals surface area contributed by atoms with Gasteiger partial charge in [0.15, 0.2) is 5.17 Å². The normalized spacial score (nSPS) is 14.1. The molecule has 2 heterocycles. The van der Waals surface area contributed by atoms with E-state index in [2.05, 4.69) is 10.3 Å². The number of Topliss-reactive ketones (excluding diaryl/α,β-unsaturated/α-hetero) is 1. The first-order valence-corrected chi connectivity index (χ1v) is 13.2. The molecule has 0 saturated carbocycles. The second kappa shape index (κ2) is 11.3. The van der Waals surface area contributed by atoms with Gasteiger partial charge in [-0.25, -0.2) is 9.79 Å². The molecule has 0 bridgehead atoms. The van der Waals surface area contributed by atoms with Crippen molar-refractivity contribution in [3.05, 3.63) is 110 Å². The number of amides is 1. The minimum atomic E-state index is -0.824. The zero-order valence-electron chi connectivity index (χ0n) is 20.3. The van der Waals surface area contributed by atoms with Gasteiger partial charge in [0.05, 0.1) is 18.6 Å². The van der Waals surface area contributed by atoms with E-state index < -0.39 is 17.3 Å². The number of benzene rings is 3. The van der Waals surface area contributed by atoms with Gasteiger partial charge in [-0.3, -0.25) is 19.0 Å². The summed E-state index contributed by atoms with van der Waals surface area (Å²) in [6.07, 6.45) is 1.51. The quantitative estimate of drug-likeness (QED) is 0.188. The topological polar surface area (TPSA) is 109 Å². The molecule has 3 aromatic carbocycles. The number of aromatic amines is 1. The number of nitrogens with one attached hydrogen (secondary N) is 1. The maximum Gasteiger partial charge on any atom is 0.438 e. The number of rotatable bonds is 7. The van der Waals surface area contributed by atoms with E-state index in [9.17, 15) is 14.4 Å². The van der Waals surface area contributed by atoms with Crippen molar-refractivity contribution >= 4 is 63.6 Å². The molecule has 0 atom stereocenters. The van der Waals surface area contributed by atoms with Gasteiger partial charge in [-0.05, 0) is 52.4 Å². The van der Waals surface area contributed by atoms with Gasteiger partial charge in [0.1, 0.15) is 11.4 Å². The summed E-state index contributed by atoms with van der Waals surface area (Å²) in [5.74, 6) is -0.531. The van der Waals surface area contributed by atoms with Gasteiger partial charge in [-0.2, -0.15) is 0 Å². The molecule has 1 amide bonds. The van der Waals surface area contributed by atoms with E-state index in [0.717, 1.165) is 11.8 Å². The molecule has 0 saturated heterocycles. The van der Waals surface area contributed by atoms with Crippen molar-refractivity contribution in [2.75, 3.05) is 17.8 Å². The second-order valence-corrected chi connectivity index (χ2v) is 9.87. The van der Waals surface area contributed by atoms with E-state index in [1.54, 1.807) is 66.7 Å². The lowest BCUT2D eigenvalue weighted by Gasteiger charge is -2.17. The molecule has 1 aromatic heterocycles. The Labute approximate surface area is 236 Å². The number of aliphatic imine (C=N–C) groups is 1. The van der Waals surface area contributed by atoms with Gasteiger partial charge in [-0.15, -0.1) is 0 Å². The number of nitrogens with zero attached hydrogens (tertiary/aromatic N) is 3. The molecule has 0 aliphatic carbocycles. The molecule has 0 fully saturated rings. The summed E-state index contributed by atoms with van der Waals surface area (Å²) in [4.78, 5) is 45.0. The van der Waals surface area contributed by atoms with Crippen molar-refractivity contribution in [1.29, 1.82) is 0 Å². The summed E-state index contributed by atoms with van der Waals surface area (Å²) in [5, 5.41) is 3.43. The molecule has 0 radical (unpaired) electrons. The predicted molar refractivity (Wildman–Crippen MR) is 150 cm³/mol. The lowest BCUT2D eigenvalue weighted by molar-refractivity contribution is -0.672. The van der Waals surface area contributed by atoms with Crippen LogP contribution in [0.3, 0.4) is 0 Å². The van der Waals surface area contributed by atoms with Crippen LogP contribution in [0.25, 0.3) is 11.8 Å². The number of para-hydroxylation sites is 1. The predicted octanol–water partition coefficient (Wildman–Crippen LogP) is 4.92. The van der Waals surface area contributed by atoms with E-state index in [1.165, 1.54) is 22.8 Å². The number of methoxy groups -OCH3 is 1. The van der Waals surface area contributed by atoms with Crippen LogP contribution >= 0.6 is 35.0 Å². The Morgan fingerprint density at radius 3 is 2.41 bits per heavy atom. The average molecular weight is 582 g/mol. The van der Waals surface area contributed by atoms with E-state index in [4.69, 9.17) is 32.5 Å². The second-order valence-electron chi connectivity index (χ2n) is 8.11. The highest BCUT2D eigenvalue weighted by Gasteiger charge is 2.35. The van der Waals surface area contributed by atoms with Crippen molar-refractivity contribution in [3.8, 4) is 11.4 Å². The number of hydrogen-bond acceptors (Lipinski definition) is 7. The van der Waals surface area contributed by atoms with Crippen LogP contribution < -0.4 is 19.9 Å². The van der Waals surface area contributed by atoms with E-state index in [1.807, 2.05) is 6.07 Å². The number of carbonyl (C=O) groups excluding carboxylic acids is 2. The Morgan fingerprint density at radius 2 is 1.74 bits per heavy atom. The maximum atomic E-state index is 13.4. The lowest BCUT2D eigenvalue weighted by atomic mass is 10.2. The minimum Gasteiger partial charge on any atom is -0.497 e. The van der Waals surface area contributed by atoms with Crippen LogP contribution in [0.1, 0.15) is 16.1 Å². The molecule has 4 aromatic rings. The number of anilines is 1. The largest absolute Gasteiger partial charge is 0.497 e. The molecule has 5 rings (SSSR count). The molecule has 0 spiro atoms. The molecule has 1 aliphatic rings. The molecule has 12 heteroatoms. The van der Waals surface area contributed by atoms with E-state index >= 15 is 0 Å². The highest BCUT2D eigenvalue weighted by Crippen LogP contribution is 2.32. The summed E-state index contributed by atoms with van der Waals surface area (Å²) in [6, 6.07) is 20.6. The van der Waals surface area contributed by atoms with Crippen LogP contribution in [0, 0.1) is 0 Å². The Morgan fingerprint density at radius 1 is 1.05 bits per heavy atom. The number of halogens is 2. The fraction of sp³-hybridized carbons (Fsp3) is 0.0741. The monoisotopic (exact) mass is 581 g/mol. The third kappa shape index (κ3) is 5.40. The third-order valence-electron chi connectivity index (χ3n) is 5.70. The maximum absolute atomic E-state index is 13.4. The fourth-order valence-corrected chi connectivity index (χ4v) is 5.19. The summed E-state index contributed by atoms with van der Waals surface area (Å²) < 4.78 is 11.3. The number of ketones is 1. The van der Waals surface area contributed by atoms with Crippen molar-refractivity contribution in [2.24, 2.45) is 4.99 Å². The zero-order chi connectivity index (χ0) is 27.5. The Hall–Kier alpha value is -4.12. The Bertz CT molecular complexity index is 1660. The van der Waals surface area contributed by atoms with Gasteiger partial charge < -0.3 is 4.74 Å². The number of aromatic nitrogens is 2. The molecule has 196 valence electrons. The first kappa shape index (κ1) is 26.5. The van der Waals surface area contributed by atoms with Gasteiger partial charge in [0, 0.05) is 27.7 Å². The van der Waals surface area contributed by atoms with Crippen molar-refractivity contribution in [3.63, 3.8) is 0 Å². The van der Waals surface area contributed by atoms with Crippen LogP contribution in [0.5, 0.6) is 5.75 Å². The number of thioether (sulfide) groups is 1.